The van der Waals surface area contributed by atoms with Gasteiger partial charge in [-0.1, -0.05) is 30.8 Å². The molecule has 1 aromatic heterocycles. The van der Waals surface area contributed by atoms with Crippen molar-refractivity contribution in [1.29, 1.82) is 0 Å². The molecule has 1 aliphatic heterocycles. The number of ketones is 1. The number of rotatable bonds is 6. The molecule has 0 bridgehead atoms. The lowest BCUT2D eigenvalue weighted by atomic mass is 9.99. The summed E-state index contributed by atoms with van der Waals surface area (Å²) in [5.74, 6) is 0.440. The second kappa shape index (κ2) is 9.00. The molecule has 156 valence electrons. The van der Waals surface area contributed by atoms with Crippen molar-refractivity contribution in [1.82, 2.24) is 14.5 Å². The van der Waals surface area contributed by atoms with Crippen molar-refractivity contribution in [2.45, 2.75) is 31.5 Å². The average molecular weight is 426 g/mol. The first-order valence-electron chi connectivity index (χ1n) is 10.2. The van der Waals surface area contributed by atoms with Crippen molar-refractivity contribution in [3.05, 3.63) is 59.9 Å². The first-order valence-corrected chi connectivity index (χ1v) is 11.1. The van der Waals surface area contributed by atoms with E-state index < -0.39 is 0 Å². The molecule has 2 aromatic carbocycles. The van der Waals surface area contributed by atoms with Gasteiger partial charge < -0.3 is 9.47 Å². The minimum absolute atomic E-state index is 0.0803. The number of benzene rings is 2. The smallest absolute Gasteiger partial charge is 0.242 e. The molecule has 0 saturated carbocycles. The van der Waals surface area contributed by atoms with Gasteiger partial charge in [0.15, 0.2) is 10.9 Å². The summed E-state index contributed by atoms with van der Waals surface area (Å²) in [6.45, 7) is 4.01. The molecule has 0 N–H and O–H groups in total. The Balaban J connectivity index is 1.52. The number of Topliss-reactive ketones (excluding diaryl/α,β-unsaturated/α-hetero) is 1. The van der Waals surface area contributed by atoms with E-state index in [4.69, 9.17) is 0 Å². The largest absolute Gasteiger partial charge is 0.341 e. The van der Waals surface area contributed by atoms with Gasteiger partial charge >= 0.3 is 0 Å². The summed E-state index contributed by atoms with van der Waals surface area (Å²) in [6, 6.07) is 13.2. The molecule has 1 saturated heterocycles. The predicted octanol–water partition coefficient (Wildman–Crippen LogP) is 4.41. The van der Waals surface area contributed by atoms with E-state index in [1.165, 1.54) is 36.0 Å². The highest BCUT2D eigenvalue weighted by atomic mass is 32.2. The number of carbonyl (C=O) groups is 2. The van der Waals surface area contributed by atoms with Gasteiger partial charge in [-0.15, -0.1) is 0 Å². The number of para-hydroxylation sites is 2. The van der Waals surface area contributed by atoms with Gasteiger partial charge in [-0.05, 0) is 55.2 Å². The molecule has 0 spiro atoms. The molecule has 2 heterocycles. The lowest BCUT2D eigenvalue weighted by Crippen LogP contribution is -2.39. The van der Waals surface area contributed by atoms with Crippen LogP contribution in [0.2, 0.25) is 0 Å². The van der Waals surface area contributed by atoms with Gasteiger partial charge in [0.25, 0.3) is 0 Å². The number of carbonyl (C=O) groups excluding carboxylic acids is 2. The highest BCUT2D eigenvalue weighted by Crippen LogP contribution is 2.26. The lowest BCUT2D eigenvalue weighted by Gasteiger charge is -2.30. The first kappa shape index (κ1) is 20.6. The monoisotopic (exact) mass is 425 g/mol. The van der Waals surface area contributed by atoms with Gasteiger partial charge in [0.2, 0.25) is 5.91 Å². The fraction of sp³-hybridized carbons (Fsp3) is 0.348. The highest BCUT2D eigenvalue weighted by molar-refractivity contribution is 7.99. The minimum atomic E-state index is -0.369. The van der Waals surface area contributed by atoms with Crippen LogP contribution >= 0.6 is 11.8 Å². The van der Waals surface area contributed by atoms with Gasteiger partial charge in [-0.2, -0.15) is 0 Å². The molecule has 1 aliphatic rings. The standard InChI is InChI=1S/C23H24FN3O2S/c1-16-10-12-26(13-11-16)22(29)14-27-20-5-3-2-4-19(20)25-23(27)30-15-21(28)17-6-8-18(24)9-7-17/h2-9,16H,10-15H2,1H3. The van der Waals surface area contributed by atoms with Gasteiger partial charge in [-0.3, -0.25) is 9.59 Å². The van der Waals surface area contributed by atoms with Crippen LogP contribution in [-0.4, -0.2) is 45.0 Å². The molecule has 30 heavy (non-hydrogen) atoms. The Hall–Kier alpha value is -2.67. The van der Waals surface area contributed by atoms with E-state index in [1.54, 1.807) is 0 Å². The third kappa shape index (κ3) is 4.56. The van der Waals surface area contributed by atoms with Crippen LogP contribution in [-0.2, 0) is 11.3 Å². The summed E-state index contributed by atoms with van der Waals surface area (Å²) in [5, 5.41) is 0.644. The van der Waals surface area contributed by atoms with E-state index in [2.05, 4.69) is 11.9 Å². The zero-order chi connectivity index (χ0) is 21.1. The van der Waals surface area contributed by atoms with Crippen molar-refractivity contribution in [2.75, 3.05) is 18.8 Å². The number of amides is 1. The second-order valence-corrected chi connectivity index (χ2v) is 8.69. The maximum absolute atomic E-state index is 13.1. The molecular weight excluding hydrogens is 401 g/mol. The quantitative estimate of drug-likeness (QED) is 0.434. The van der Waals surface area contributed by atoms with Crippen molar-refractivity contribution >= 4 is 34.5 Å². The highest BCUT2D eigenvalue weighted by Gasteiger charge is 2.22. The molecule has 4 rings (SSSR count). The number of nitrogens with zero attached hydrogens (tertiary/aromatic N) is 3. The summed E-state index contributed by atoms with van der Waals surface area (Å²) in [6.07, 6.45) is 2.06. The number of hydrogen-bond acceptors (Lipinski definition) is 4. The van der Waals surface area contributed by atoms with Crippen LogP contribution in [0.15, 0.2) is 53.7 Å². The van der Waals surface area contributed by atoms with Gasteiger partial charge in [-0.25, -0.2) is 9.37 Å². The predicted molar refractivity (Wildman–Crippen MR) is 116 cm³/mol. The molecule has 3 aromatic rings. The van der Waals surface area contributed by atoms with E-state index in [9.17, 15) is 14.0 Å². The van der Waals surface area contributed by atoms with Crippen molar-refractivity contribution in [2.24, 2.45) is 5.92 Å². The van der Waals surface area contributed by atoms with Gasteiger partial charge in [0, 0.05) is 18.7 Å². The molecule has 0 atom stereocenters. The molecule has 1 amide bonds. The molecule has 0 unspecified atom stereocenters. The minimum Gasteiger partial charge on any atom is -0.341 e. The Morgan fingerprint density at radius 1 is 1.10 bits per heavy atom. The molecule has 7 heteroatoms. The van der Waals surface area contributed by atoms with Crippen LogP contribution in [0.1, 0.15) is 30.1 Å². The summed E-state index contributed by atoms with van der Waals surface area (Å²) < 4.78 is 15.0. The Morgan fingerprint density at radius 3 is 2.53 bits per heavy atom. The van der Waals surface area contributed by atoms with E-state index in [0.717, 1.165) is 37.0 Å². The van der Waals surface area contributed by atoms with Crippen LogP contribution < -0.4 is 0 Å². The summed E-state index contributed by atoms with van der Waals surface area (Å²) in [5.41, 5.74) is 2.15. The SMILES string of the molecule is CC1CCN(C(=O)Cn2c(SCC(=O)c3ccc(F)cc3)nc3ccccc32)CC1. The maximum Gasteiger partial charge on any atom is 0.242 e. The van der Waals surface area contributed by atoms with Crippen LogP contribution in [0.5, 0.6) is 0 Å². The van der Waals surface area contributed by atoms with Gasteiger partial charge in [0.1, 0.15) is 12.4 Å². The van der Waals surface area contributed by atoms with E-state index in [0.29, 0.717) is 16.6 Å². The summed E-state index contributed by atoms with van der Waals surface area (Å²) in [7, 11) is 0. The van der Waals surface area contributed by atoms with Crippen LogP contribution in [0, 0.1) is 11.7 Å². The summed E-state index contributed by atoms with van der Waals surface area (Å²) in [4.78, 5) is 32.0. The zero-order valence-electron chi connectivity index (χ0n) is 16.9. The Bertz CT molecular complexity index is 1060. The third-order valence-corrected chi connectivity index (χ3v) is 6.52. The fourth-order valence-corrected chi connectivity index (χ4v) is 4.57. The molecule has 0 radical (unpaired) electrons. The van der Waals surface area contributed by atoms with Crippen LogP contribution in [0.25, 0.3) is 11.0 Å². The molecular formula is C23H24FN3O2S. The maximum atomic E-state index is 13.1. The van der Waals surface area contributed by atoms with Gasteiger partial charge in [0.05, 0.1) is 16.8 Å². The van der Waals surface area contributed by atoms with E-state index in [1.807, 2.05) is 33.7 Å². The number of aromatic nitrogens is 2. The molecule has 0 aliphatic carbocycles. The Morgan fingerprint density at radius 2 is 1.80 bits per heavy atom. The summed E-state index contributed by atoms with van der Waals surface area (Å²) >= 11 is 1.31. The van der Waals surface area contributed by atoms with Crippen LogP contribution in [0.4, 0.5) is 4.39 Å². The van der Waals surface area contributed by atoms with E-state index >= 15 is 0 Å². The molecule has 1 fully saturated rings. The number of likely N-dealkylation sites (tertiary alicyclic amines) is 1. The fourth-order valence-electron chi connectivity index (χ4n) is 3.66. The van der Waals surface area contributed by atoms with E-state index in [-0.39, 0.29) is 29.8 Å². The normalized spacial score (nSPS) is 14.9. The topological polar surface area (TPSA) is 55.2 Å². The van der Waals surface area contributed by atoms with Crippen molar-refractivity contribution in [3.8, 4) is 0 Å². The number of halogens is 1. The van der Waals surface area contributed by atoms with Crippen LogP contribution in [0.3, 0.4) is 0 Å². The van der Waals surface area contributed by atoms with Crippen molar-refractivity contribution < 1.29 is 14.0 Å². The Kier molecular flexibility index (Phi) is 6.18. The number of thioether (sulfide) groups is 1. The lowest BCUT2D eigenvalue weighted by molar-refractivity contribution is -0.133. The second-order valence-electron chi connectivity index (χ2n) is 7.75. The third-order valence-electron chi connectivity index (χ3n) is 5.55. The number of piperidine rings is 1. The number of fused-ring (bicyclic) bond motifs is 1. The average Bonchev–Trinajstić information content (AvgIpc) is 3.10. The van der Waals surface area contributed by atoms with Crippen molar-refractivity contribution in [3.63, 3.8) is 0 Å². The Labute approximate surface area is 179 Å². The molecule has 5 nitrogen and oxygen atoms in total. The zero-order valence-corrected chi connectivity index (χ0v) is 17.7. The number of imidazole rings is 1. The first-order chi connectivity index (χ1) is 14.5. The number of hydrogen-bond donors (Lipinski definition) is 0.